The number of alkyl halides is 2. The second-order valence-electron chi connectivity index (χ2n) is 10.8. The molecule has 0 saturated carbocycles. The number of urea groups is 1. The number of benzene rings is 2. The van der Waals surface area contributed by atoms with E-state index in [1.54, 1.807) is 98.9 Å². The molecule has 3 rings (SSSR count). The first-order valence-electron chi connectivity index (χ1n) is 14.5. The van der Waals surface area contributed by atoms with Crippen LogP contribution in [0.5, 0.6) is 0 Å². The molecule has 0 aliphatic rings. The van der Waals surface area contributed by atoms with Gasteiger partial charge in [-0.25, -0.2) is 4.79 Å². The highest BCUT2D eigenvalue weighted by Crippen LogP contribution is 2.25. The van der Waals surface area contributed by atoms with Gasteiger partial charge < -0.3 is 20.9 Å². The third-order valence-corrected chi connectivity index (χ3v) is 7.03. The maximum Gasteiger partial charge on any atom is 0.317 e. The Labute approximate surface area is 256 Å². The molecule has 1 aromatic heterocycles. The Morgan fingerprint density at radius 1 is 0.864 bits per heavy atom. The van der Waals surface area contributed by atoms with Crippen LogP contribution in [0.15, 0.2) is 85.1 Å². The van der Waals surface area contributed by atoms with Crippen molar-refractivity contribution in [1.29, 1.82) is 0 Å². The summed E-state index contributed by atoms with van der Waals surface area (Å²) in [5.74, 6) is -7.00. The molecule has 2 aromatic carbocycles. The first-order valence-corrected chi connectivity index (χ1v) is 14.5. The quantitative estimate of drug-likeness (QED) is 0.242. The van der Waals surface area contributed by atoms with Gasteiger partial charge >= 0.3 is 12.0 Å². The van der Waals surface area contributed by atoms with Crippen LogP contribution >= 0.6 is 0 Å². The summed E-state index contributed by atoms with van der Waals surface area (Å²) in [5, 5.41) is 7.59. The molecule has 3 N–H and O–H groups in total. The van der Waals surface area contributed by atoms with Gasteiger partial charge in [-0.2, -0.15) is 8.78 Å². The Morgan fingerprint density at radius 3 is 2.05 bits per heavy atom. The standard InChI is InChI=1S/C33H39F2N5O4/c1-23(2)29(39-28(41)22-40(32(44)36-3)21-26-16-10-11-19-37-26)31(43)38-27(20-25-14-8-5-9-15-25)30(42)33(34,35)18-17-24-12-6-4-7-13-24/h4-16,19,23,27,29H,17-18,20-22H2,1-3H3,(H,36,44)(H,38,43)(H,39,41)/t27-,29-/m0/s1. The maximum atomic E-state index is 15.3. The highest BCUT2D eigenvalue weighted by atomic mass is 19.3. The van der Waals surface area contributed by atoms with Gasteiger partial charge in [-0.3, -0.25) is 19.4 Å². The van der Waals surface area contributed by atoms with E-state index in [4.69, 9.17) is 0 Å². The minimum Gasteiger partial charge on any atom is -0.344 e. The maximum absolute atomic E-state index is 15.3. The van der Waals surface area contributed by atoms with Crippen LogP contribution in [0.4, 0.5) is 13.6 Å². The summed E-state index contributed by atoms with van der Waals surface area (Å²) in [4.78, 5) is 57.6. The minimum atomic E-state index is -3.71. The molecule has 0 saturated heterocycles. The Kier molecular flexibility index (Phi) is 12.5. The highest BCUT2D eigenvalue weighted by Gasteiger charge is 2.43. The van der Waals surface area contributed by atoms with Crippen LogP contribution < -0.4 is 16.0 Å². The van der Waals surface area contributed by atoms with E-state index in [0.717, 1.165) is 0 Å². The van der Waals surface area contributed by atoms with Gasteiger partial charge in [0, 0.05) is 19.7 Å². The second-order valence-corrected chi connectivity index (χ2v) is 10.8. The van der Waals surface area contributed by atoms with E-state index in [0.29, 0.717) is 16.8 Å². The molecule has 44 heavy (non-hydrogen) atoms. The lowest BCUT2D eigenvalue weighted by atomic mass is 9.94. The number of aryl methyl sites for hydroxylation is 1. The molecule has 11 heteroatoms. The summed E-state index contributed by atoms with van der Waals surface area (Å²) >= 11 is 0. The van der Waals surface area contributed by atoms with Crippen molar-refractivity contribution in [2.45, 2.75) is 57.7 Å². The minimum absolute atomic E-state index is 0.0173. The molecule has 234 valence electrons. The number of carbonyl (C=O) groups is 4. The van der Waals surface area contributed by atoms with Gasteiger partial charge in [-0.1, -0.05) is 80.6 Å². The van der Waals surface area contributed by atoms with Gasteiger partial charge in [0.05, 0.1) is 18.3 Å². The average molecular weight is 608 g/mol. The van der Waals surface area contributed by atoms with Gasteiger partial charge in [-0.15, -0.1) is 0 Å². The predicted octanol–water partition coefficient (Wildman–Crippen LogP) is 3.93. The van der Waals surface area contributed by atoms with Crippen molar-refractivity contribution < 1.29 is 28.0 Å². The molecule has 0 radical (unpaired) electrons. The van der Waals surface area contributed by atoms with Crippen molar-refractivity contribution in [2.24, 2.45) is 5.92 Å². The van der Waals surface area contributed by atoms with Gasteiger partial charge in [0.2, 0.25) is 17.6 Å². The van der Waals surface area contributed by atoms with Crippen molar-refractivity contribution in [2.75, 3.05) is 13.6 Å². The molecular weight excluding hydrogens is 568 g/mol. The van der Waals surface area contributed by atoms with Crippen LogP contribution in [0.1, 0.15) is 37.1 Å². The largest absolute Gasteiger partial charge is 0.344 e. The SMILES string of the molecule is CNC(=O)N(CC(=O)N[C@H](C(=O)N[C@@H](Cc1ccccc1)C(=O)C(F)(F)CCc1ccccc1)C(C)C)Cc1ccccn1. The lowest BCUT2D eigenvalue weighted by Gasteiger charge is -2.28. The molecule has 3 aromatic rings. The third kappa shape index (κ3) is 10.3. The number of carbonyl (C=O) groups excluding carboxylic acids is 4. The molecular formula is C33H39F2N5O4. The van der Waals surface area contributed by atoms with Crippen molar-refractivity contribution in [1.82, 2.24) is 25.8 Å². The van der Waals surface area contributed by atoms with Crippen LogP contribution in [-0.4, -0.2) is 65.1 Å². The number of aromatic nitrogens is 1. The first-order chi connectivity index (χ1) is 21.0. The first kappa shape index (κ1) is 33.8. The van der Waals surface area contributed by atoms with Crippen LogP contribution in [0.25, 0.3) is 0 Å². The zero-order valence-electron chi connectivity index (χ0n) is 25.1. The second kappa shape index (κ2) is 16.3. The number of nitrogens with one attached hydrogen (secondary N) is 3. The van der Waals surface area contributed by atoms with Crippen molar-refractivity contribution in [3.8, 4) is 0 Å². The molecule has 1 heterocycles. The van der Waals surface area contributed by atoms with Crippen molar-refractivity contribution in [3.05, 3.63) is 102 Å². The smallest absolute Gasteiger partial charge is 0.317 e. The fourth-order valence-electron chi connectivity index (χ4n) is 4.62. The molecule has 0 fully saturated rings. The van der Waals surface area contributed by atoms with Crippen LogP contribution in [0.3, 0.4) is 0 Å². The molecule has 0 bridgehead atoms. The van der Waals surface area contributed by atoms with Gasteiger partial charge in [0.25, 0.3) is 0 Å². The van der Waals surface area contributed by atoms with Gasteiger partial charge in [-0.05, 0) is 42.0 Å². The van der Waals surface area contributed by atoms with Gasteiger partial charge in [0.1, 0.15) is 12.6 Å². The van der Waals surface area contributed by atoms with E-state index in [1.807, 2.05) is 0 Å². The van der Waals surface area contributed by atoms with E-state index in [9.17, 15) is 19.2 Å². The summed E-state index contributed by atoms with van der Waals surface area (Å²) in [6.07, 6.45) is 0.679. The summed E-state index contributed by atoms with van der Waals surface area (Å²) in [5.41, 5.74) is 1.81. The normalized spacial score (nSPS) is 12.6. The summed E-state index contributed by atoms with van der Waals surface area (Å²) in [6, 6.07) is 19.2. The fraction of sp³-hybridized carbons (Fsp3) is 0.364. The number of halogens is 2. The number of ketones is 1. The van der Waals surface area contributed by atoms with E-state index in [2.05, 4.69) is 20.9 Å². The fourth-order valence-corrected chi connectivity index (χ4v) is 4.62. The summed E-state index contributed by atoms with van der Waals surface area (Å²) < 4.78 is 30.6. The van der Waals surface area contributed by atoms with E-state index in [-0.39, 0.29) is 19.4 Å². The number of amides is 4. The topological polar surface area (TPSA) is 121 Å². The summed E-state index contributed by atoms with van der Waals surface area (Å²) in [6.45, 7) is 3.00. The molecule has 0 unspecified atom stereocenters. The Hall–Kier alpha value is -4.67. The number of hydrogen-bond donors (Lipinski definition) is 3. The summed E-state index contributed by atoms with van der Waals surface area (Å²) in [7, 11) is 1.43. The number of nitrogens with zero attached hydrogens (tertiary/aromatic N) is 2. The molecule has 4 amide bonds. The number of rotatable bonds is 15. The number of Topliss-reactive ketones (excluding diaryl/α,β-unsaturated/α-hetero) is 1. The van der Waals surface area contributed by atoms with Crippen molar-refractivity contribution >= 4 is 23.6 Å². The monoisotopic (exact) mass is 607 g/mol. The molecule has 2 atom stereocenters. The number of hydrogen-bond acceptors (Lipinski definition) is 5. The van der Waals surface area contributed by atoms with Crippen LogP contribution in [0, 0.1) is 5.92 Å². The highest BCUT2D eigenvalue weighted by molar-refractivity contribution is 5.96. The van der Waals surface area contributed by atoms with Gasteiger partial charge in [0.15, 0.2) is 0 Å². The molecule has 0 aliphatic heterocycles. The van der Waals surface area contributed by atoms with Crippen molar-refractivity contribution in [3.63, 3.8) is 0 Å². The predicted molar refractivity (Wildman–Crippen MR) is 163 cm³/mol. The third-order valence-electron chi connectivity index (χ3n) is 7.03. The lowest BCUT2D eigenvalue weighted by molar-refractivity contribution is -0.148. The van der Waals surface area contributed by atoms with E-state index in [1.165, 1.54) is 11.9 Å². The van der Waals surface area contributed by atoms with E-state index < -0.39 is 60.5 Å². The Morgan fingerprint density at radius 2 is 1.48 bits per heavy atom. The lowest BCUT2D eigenvalue weighted by Crippen LogP contribution is -2.57. The molecule has 0 aliphatic carbocycles. The molecule has 0 spiro atoms. The Bertz CT molecular complexity index is 1370. The zero-order valence-corrected chi connectivity index (χ0v) is 25.1. The molecule has 9 nitrogen and oxygen atoms in total. The van der Waals surface area contributed by atoms with E-state index >= 15 is 8.78 Å². The average Bonchev–Trinajstić information content (AvgIpc) is 3.02. The zero-order chi connectivity index (χ0) is 32.1. The van der Waals surface area contributed by atoms with Crippen LogP contribution in [0.2, 0.25) is 0 Å². The van der Waals surface area contributed by atoms with Crippen LogP contribution in [-0.2, 0) is 33.8 Å². The Balaban J connectivity index is 1.75. The number of pyridine rings is 1.